The predicted molar refractivity (Wildman–Crippen MR) is 128 cm³/mol. The van der Waals surface area contributed by atoms with Crippen molar-refractivity contribution < 1.29 is 14.2 Å². The molecule has 3 aliphatic rings. The van der Waals surface area contributed by atoms with Crippen molar-refractivity contribution in [1.29, 1.82) is 0 Å². The zero-order valence-electron chi connectivity index (χ0n) is 17.9. The molecule has 168 valence electrons. The smallest absolute Gasteiger partial charge is 0.194 e. The van der Waals surface area contributed by atoms with Crippen LogP contribution in [-0.2, 0) is 27.3 Å². The molecule has 0 aliphatic carbocycles. The Bertz CT molecular complexity index is 678. The van der Waals surface area contributed by atoms with Gasteiger partial charge in [-0.1, -0.05) is 24.3 Å². The second-order valence-corrected chi connectivity index (χ2v) is 7.96. The van der Waals surface area contributed by atoms with Crippen LogP contribution in [0.2, 0.25) is 0 Å². The summed E-state index contributed by atoms with van der Waals surface area (Å²) >= 11 is 0. The molecule has 0 radical (unpaired) electrons. The lowest BCUT2D eigenvalue weighted by Crippen LogP contribution is -2.53. The molecule has 3 fully saturated rings. The fraction of sp³-hybridized carbons (Fsp3) is 0.682. The first-order valence-electron chi connectivity index (χ1n) is 10.9. The third-order valence-corrected chi connectivity index (χ3v) is 6.04. The van der Waals surface area contributed by atoms with E-state index in [0.717, 1.165) is 84.5 Å². The molecule has 2 atom stereocenters. The average Bonchev–Trinajstić information content (AvgIpc) is 3.31. The quantitative estimate of drug-likeness (QED) is 0.358. The predicted octanol–water partition coefficient (Wildman–Crippen LogP) is 2.09. The number of halogens is 1. The Balaban J connectivity index is 0.00000256. The van der Waals surface area contributed by atoms with Crippen LogP contribution in [0.25, 0.3) is 0 Å². The van der Waals surface area contributed by atoms with Crippen LogP contribution >= 0.6 is 24.0 Å². The Morgan fingerprint density at radius 2 is 1.80 bits per heavy atom. The molecule has 3 saturated heterocycles. The summed E-state index contributed by atoms with van der Waals surface area (Å²) in [5.74, 6) is 0.942. The van der Waals surface area contributed by atoms with Crippen molar-refractivity contribution >= 4 is 29.9 Å². The van der Waals surface area contributed by atoms with Crippen molar-refractivity contribution in [2.75, 3.05) is 59.7 Å². The molecule has 1 N–H and O–H groups in total. The number of guanidine groups is 1. The van der Waals surface area contributed by atoms with Crippen molar-refractivity contribution in [3.63, 3.8) is 0 Å². The highest BCUT2D eigenvalue weighted by Crippen LogP contribution is 2.21. The van der Waals surface area contributed by atoms with Gasteiger partial charge in [-0.3, -0.25) is 9.89 Å². The van der Waals surface area contributed by atoms with Crippen LogP contribution in [0.4, 0.5) is 0 Å². The first kappa shape index (κ1) is 23.7. The normalized spacial score (nSPS) is 25.8. The van der Waals surface area contributed by atoms with E-state index in [1.54, 1.807) is 0 Å². The minimum atomic E-state index is 0. The van der Waals surface area contributed by atoms with Crippen LogP contribution in [0.1, 0.15) is 24.0 Å². The van der Waals surface area contributed by atoms with Crippen LogP contribution in [0, 0.1) is 0 Å². The molecule has 2 unspecified atom stereocenters. The number of ether oxygens (including phenoxy) is 3. The molecule has 8 heteroatoms. The number of aliphatic imine (C=N–C) groups is 1. The summed E-state index contributed by atoms with van der Waals surface area (Å²) in [6.07, 6.45) is 2.60. The monoisotopic (exact) mass is 530 g/mol. The van der Waals surface area contributed by atoms with Crippen molar-refractivity contribution in [1.82, 2.24) is 15.1 Å². The first-order chi connectivity index (χ1) is 14.3. The van der Waals surface area contributed by atoms with Gasteiger partial charge in [0.2, 0.25) is 0 Å². The summed E-state index contributed by atoms with van der Waals surface area (Å²) in [5, 5.41) is 3.58. The van der Waals surface area contributed by atoms with E-state index in [1.807, 2.05) is 7.05 Å². The van der Waals surface area contributed by atoms with Gasteiger partial charge in [-0.25, -0.2) is 0 Å². The summed E-state index contributed by atoms with van der Waals surface area (Å²) in [6, 6.07) is 8.69. The van der Waals surface area contributed by atoms with Gasteiger partial charge in [0.1, 0.15) is 6.10 Å². The van der Waals surface area contributed by atoms with Crippen LogP contribution in [0.3, 0.4) is 0 Å². The van der Waals surface area contributed by atoms with E-state index in [1.165, 1.54) is 11.1 Å². The third-order valence-electron chi connectivity index (χ3n) is 6.04. The third kappa shape index (κ3) is 6.29. The Hall–Kier alpha value is -0.940. The number of hydrogen-bond donors (Lipinski definition) is 1. The van der Waals surface area contributed by atoms with Gasteiger partial charge in [-0.2, -0.15) is 0 Å². The van der Waals surface area contributed by atoms with E-state index in [9.17, 15) is 0 Å². The van der Waals surface area contributed by atoms with Crippen molar-refractivity contribution in [3.05, 3.63) is 35.4 Å². The van der Waals surface area contributed by atoms with Crippen LogP contribution in [-0.4, -0.2) is 87.6 Å². The molecule has 0 saturated carbocycles. The maximum Gasteiger partial charge on any atom is 0.194 e. The summed E-state index contributed by atoms with van der Waals surface area (Å²) in [5.41, 5.74) is 2.70. The lowest BCUT2D eigenvalue weighted by molar-refractivity contribution is -0.0817. The van der Waals surface area contributed by atoms with Gasteiger partial charge in [-0.15, -0.1) is 24.0 Å². The minimum Gasteiger partial charge on any atom is -0.379 e. The maximum atomic E-state index is 5.99. The summed E-state index contributed by atoms with van der Waals surface area (Å²) in [7, 11) is 1.86. The van der Waals surface area contributed by atoms with Gasteiger partial charge in [-0.05, 0) is 24.0 Å². The fourth-order valence-electron chi connectivity index (χ4n) is 4.38. The number of nitrogens with zero attached hydrogens (tertiary/aromatic N) is 3. The number of benzene rings is 1. The summed E-state index contributed by atoms with van der Waals surface area (Å²) in [4.78, 5) is 9.31. The number of nitrogens with one attached hydrogen (secondary N) is 1. The molecule has 3 heterocycles. The lowest BCUT2D eigenvalue weighted by Gasteiger charge is -2.37. The summed E-state index contributed by atoms with van der Waals surface area (Å²) < 4.78 is 17.3. The van der Waals surface area contributed by atoms with Gasteiger partial charge in [0.05, 0.1) is 25.9 Å². The molecule has 0 bridgehead atoms. The molecule has 0 spiro atoms. The van der Waals surface area contributed by atoms with Gasteiger partial charge in [0.25, 0.3) is 0 Å². The van der Waals surface area contributed by atoms with Crippen molar-refractivity contribution in [2.24, 2.45) is 4.99 Å². The molecular weight excluding hydrogens is 495 g/mol. The highest BCUT2D eigenvalue weighted by Gasteiger charge is 2.32. The SMILES string of the molecule is CN=C(NCc1ccccc1CN1CCOCC1)N1CCOC(C2CCCO2)C1.I. The molecular formula is C22H35IN4O3. The Morgan fingerprint density at radius 3 is 2.53 bits per heavy atom. The number of hydrogen-bond acceptors (Lipinski definition) is 5. The number of morpholine rings is 2. The fourth-order valence-corrected chi connectivity index (χ4v) is 4.38. The average molecular weight is 530 g/mol. The molecule has 3 aliphatic heterocycles. The molecule has 0 aromatic heterocycles. The van der Waals surface area contributed by atoms with Gasteiger partial charge >= 0.3 is 0 Å². The second kappa shape index (κ2) is 12.2. The molecule has 7 nitrogen and oxygen atoms in total. The second-order valence-electron chi connectivity index (χ2n) is 7.96. The van der Waals surface area contributed by atoms with Crippen LogP contribution < -0.4 is 5.32 Å². The minimum absolute atomic E-state index is 0. The van der Waals surface area contributed by atoms with E-state index in [4.69, 9.17) is 14.2 Å². The standard InChI is InChI=1S/C22H34N4O3.HI/c1-23-22(26-10-14-29-21(17-26)20-7-4-11-28-20)24-15-18-5-2-3-6-19(18)16-25-8-12-27-13-9-25;/h2-3,5-6,20-21H,4,7-17H2,1H3,(H,23,24);1H. The van der Waals surface area contributed by atoms with Crippen LogP contribution in [0.5, 0.6) is 0 Å². The van der Waals surface area contributed by atoms with E-state index in [2.05, 4.69) is 44.4 Å². The zero-order valence-corrected chi connectivity index (χ0v) is 20.3. The Morgan fingerprint density at radius 1 is 1.03 bits per heavy atom. The summed E-state index contributed by atoms with van der Waals surface area (Å²) in [6.45, 7) is 8.68. The van der Waals surface area contributed by atoms with Crippen molar-refractivity contribution in [3.8, 4) is 0 Å². The molecule has 1 aromatic carbocycles. The van der Waals surface area contributed by atoms with Crippen LogP contribution in [0.15, 0.2) is 29.3 Å². The largest absolute Gasteiger partial charge is 0.379 e. The van der Waals surface area contributed by atoms with E-state index in [0.29, 0.717) is 0 Å². The highest BCUT2D eigenvalue weighted by molar-refractivity contribution is 14.0. The van der Waals surface area contributed by atoms with E-state index >= 15 is 0 Å². The highest BCUT2D eigenvalue weighted by atomic mass is 127. The van der Waals surface area contributed by atoms with E-state index in [-0.39, 0.29) is 36.2 Å². The van der Waals surface area contributed by atoms with Gasteiger partial charge in [0.15, 0.2) is 5.96 Å². The zero-order chi connectivity index (χ0) is 19.9. The molecule has 30 heavy (non-hydrogen) atoms. The number of rotatable bonds is 5. The van der Waals surface area contributed by atoms with Gasteiger partial charge in [0, 0.05) is 52.9 Å². The van der Waals surface area contributed by atoms with E-state index < -0.39 is 0 Å². The molecule has 1 aromatic rings. The Labute approximate surface area is 197 Å². The van der Waals surface area contributed by atoms with Gasteiger partial charge < -0.3 is 24.4 Å². The Kier molecular flexibility index (Phi) is 9.64. The topological polar surface area (TPSA) is 58.6 Å². The molecule has 0 amide bonds. The lowest BCUT2D eigenvalue weighted by atomic mass is 10.1. The first-order valence-corrected chi connectivity index (χ1v) is 10.9. The molecule has 4 rings (SSSR count). The van der Waals surface area contributed by atoms with Crippen molar-refractivity contribution in [2.45, 2.75) is 38.1 Å². The maximum absolute atomic E-state index is 5.99.